The fourth-order valence-electron chi connectivity index (χ4n) is 2.08. The Kier molecular flexibility index (Phi) is 3.45. The van der Waals surface area contributed by atoms with Crippen molar-refractivity contribution < 1.29 is 9.66 Å². The van der Waals surface area contributed by atoms with Gasteiger partial charge in [0.15, 0.2) is 0 Å². The fraction of sp³-hybridized carbons (Fsp3) is 0.538. The lowest BCUT2D eigenvalue weighted by molar-refractivity contribution is -0.386. The number of nitro benzene ring substituents is 1. The van der Waals surface area contributed by atoms with Crippen LogP contribution in [-0.2, 0) is 5.41 Å². The molecule has 0 aliphatic rings. The molecule has 0 aromatic heterocycles. The molecule has 0 radical (unpaired) electrons. The molecule has 1 aromatic carbocycles. The van der Waals surface area contributed by atoms with Crippen molar-refractivity contribution in [2.75, 3.05) is 7.11 Å². The van der Waals surface area contributed by atoms with Gasteiger partial charge in [-0.15, -0.1) is 0 Å². The number of nitrogens with zero attached hydrogens (tertiary/aromatic N) is 1. The van der Waals surface area contributed by atoms with Crippen LogP contribution in [0.15, 0.2) is 6.07 Å². The number of aryl methyl sites for hydroxylation is 1. The second-order valence-electron chi connectivity index (χ2n) is 5.25. The maximum absolute atomic E-state index is 11.2. The molecule has 0 heterocycles. The van der Waals surface area contributed by atoms with E-state index in [1.54, 1.807) is 6.92 Å². The normalized spacial score (nSPS) is 11.4. The number of ether oxygens (including phenoxy) is 1. The monoisotopic (exact) mass is 237 g/mol. The average molecular weight is 237 g/mol. The molecule has 0 spiro atoms. The Morgan fingerprint density at radius 1 is 1.29 bits per heavy atom. The van der Waals surface area contributed by atoms with Crippen molar-refractivity contribution in [2.24, 2.45) is 0 Å². The smallest absolute Gasteiger partial charge is 0.279 e. The minimum absolute atomic E-state index is 0.167. The number of methoxy groups -OCH3 is 1. The number of hydrogen-bond acceptors (Lipinski definition) is 3. The van der Waals surface area contributed by atoms with E-state index in [2.05, 4.69) is 0 Å². The summed E-state index contributed by atoms with van der Waals surface area (Å²) >= 11 is 0. The highest BCUT2D eigenvalue weighted by atomic mass is 16.6. The van der Waals surface area contributed by atoms with Crippen LogP contribution in [0.2, 0.25) is 0 Å². The van der Waals surface area contributed by atoms with Crippen molar-refractivity contribution in [3.05, 3.63) is 32.9 Å². The summed E-state index contributed by atoms with van der Waals surface area (Å²) in [7, 11) is 1.54. The molecule has 0 atom stereocenters. The molecule has 0 unspecified atom stereocenters. The summed E-state index contributed by atoms with van der Waals surface area (Å²) < 4.78 is 5.23. The number of hydrogen-bond donors (Lipinski definition) is 0. The van der Waals surface area contributed by atoms with E-state index in [-0.39, 0.29) is 16.0 Å². The van der Waals surface area contributed by atoms with Crippen LogP contribution in [-0.4, -0.2) is 12.0 Å². The first-order valence-electron chi connectivity index (χ1n) is 5.53. The van der Waals surface area contributed by atoms with Gasteiger partial charge in [-0.1, -0.05) is 20.8 Å². The van der Waals surface area contributed by atoms with E-state index in [4.69, 9.17) is 4.74 Å². The van der Waals surface area contributed by atoms with Gasteiger partial charge in [-0.2, -0.15) is 0 Å². The first-order chi connectivity index (χ1) is 7.70. The average Bonchev–Trinajstić information content (AvgIpc) is 2.15. The Bertz CT molecular complexity index is 459. The van der Waals surface area contributed by atoms with Crippen LogP contribution in [0.5, 0.6) is 5.75 Å². The molecule has 17 heavy (non-hydrogen) atoms. The molecule has 0 amide bonds. The summed E-state index contributed by atoms with van der Waals surface area (Å²) in [5.41, 5.74) is 2.19. The van der Waals surface area contributed by atoms with E-state index in [9.17, 15) is 10.1 Å². The molecule has 0 saturated heterocycles. The molecule has 0 aliphatic heterocycles. The van der Waals surface area contributed by atoms with Crippen molar-refractivity contribution in [1.29, 1.82) is 0 Å². The van der Waals surface area contributed by atoms with Crippen LogP contribution < -0.4 is 4.74 Å². The molecule has 0 saturated carbocycles. The Morgan fingerprint density at radius 3 is 2.18 bits per heavy atom. The van der Waals surface area contributed by atoms with Crippen LogP contribution in [0.25, 0.3) is 0 Å². The topological polar surface area (TPSA) is 52.4 Å². The van der Waals surface area contributed by atoms with Crippen LogP contribution in [0.3, 0.4) is 0 Å². The van der Waals surface area contributed by atoms with Gasteiger partial charge >= 0.3 is 0 Å². The van der Waals surface area contributed by atoms with Crippen LogP contribution >= 0.6 is 0 Å². The Balaban J connectivity index is 3.68. The maximum Gasteiger partial charge on any atom is 0.279 e. The summed E-state index contributed by atoms with van der Waals surface area (Å²) in [5, 5.41) is 11.2. The molecule has 1 rings (SSSR count). The molecule has 4 nitrogen and oxygen atoms in total. The van der Waals surface area contributed by atoms with Gasteiger partial charge in [0.1, 0.15) is 5.75 Å². The lowest BCUT2D eigenvalue weighted by atomic mass is 9.83. The fourth-order valence-corrected chi connectivity index (χ4v) is 2.08. The lowest BCUT2D eigenvalue weighted by Crippen LogP contribution is -2.15. The molecule has 0 fully saturated rings. The summed E-state index contributed by atoms with van der Waals surface area (Å²) in [6.45, 7) is 9.56. The first-order valence-corrected chi connectivity index (χ1v) is 5.53. The van der Waals surface area contributed by atoms with Gasteiger partial charge in [0.05, 0.1) is 17.6 Å². The van der Waals surface area contributed by atoms with Crippen LogP contribution in [0.4, 0.5) is 5.69 Å². The zero-order valence-electron chi connectivity index (χ0n) is 11.2. The zero-order chi connectivity index (χ0) is 13.4. The second kappa shape index (κ2) is 4.35. The van der Waals surface area contributed by atoms with E-state index in [1.807, 2.05) is 33.8 Å². The minimum Gasteiger partial charge on any atom is -0.496 e. The third-order valence-corrected chi connectivity index (χ3v) is 2.86. The van der Waals surface area contributed by atoms with Crippen molar-refractivity contribution >= 4 is 5.69 Å². The van der Waals surface area contributed by atoms with Crippen LogP contribution in [0.1, 0.15) is 37.5 Å². The molecule has 0 N–H and O–H groups in total. The maximum atomic E-state index is 11.2. The number of nitro groups is 1. The predicted octanol–water partition coefficient (Wildman–Crippen LogP) is 3.52. The van der Waals surface area contributed by atoms with Crippen LogP contribution in [0, 0.1) is 24.0 Å². The first kappa shape index (κ1) is 13.5. The van der Waals surface area contributed by atoms with Crippen molar-refractivity contribution in [3.63, 3.8) is 0 Å². The lowest BCUT2D eigenvalue weighted by Gasteiger charge is -2.22. The third kappa shape index (κ3) is 2.40. The summed E-state index contributed by atoms with van der Waals surface area (Å²) in [6.07, 6.45) is 0. The quantitative estimate of drug-likeness (QED) is 0.584. The standard InChI is InChI=1S/C13H19NO3/c1-8-7-10(13(3,4)5)11(14(15)16)9(2)12(8)17-6/h7H,1-6H3. The van der Waals surface area contributed by atoms with Gasteiger partial charge in [-0.3, -0.25) is 10.1 Å². The van der Waals surface area contributed by atoms with E-state index in [1.165, 1.54) is 7.11 Å². The summed E-state index contributed by atoms with van der Waals surface area (Å²) in [5.74, 6) is 0.602. The van der Waals surface area contributed by atoms with Crippen molar-refractivity contribution in [2.45, 2.75) is 40.0 Å². The molecule has 94 valence electrons. The minimum atomic E-state index is -0.322. The highest BCUT2D eigenvalue weighted by Gasteiger charge is 2.29. The zero-order valence-corrected chi connectivity index (χ0v) is 11.2. The van der Waals surface area contributed by atoms with Gasteiger partial charge in [0.2, 0.25) is 0 Å². The molecule has 1 aromatic rings. The summed E-state index contributed by atoms with van der Waals surface area (Å²) in [4.78, 5) is 10.9. The predicted molar refractivity (Wildman–Crippen MR) is 67.8 cm³/mol. The van der Waals surface area contributed by atoms with Crippen molar-refractivity contribution in [1.82, 2.24) is 0 Å². The SMILES string of the molecule is COc1c(C)cc(C(C)(C)C)c([N+](=O)[O-])c1C. The third-order valence-electron chi connectivity index (χ3n) is 2.86. The van der Waals surface area contributed by atoms with Gasteiger partial charge in [-0.05, 0) is 30.9 Å². The molecule has 0 bridgehead atoms. The number of rotatable bonds is 2. The second-order valence-corrected chi connectivity index (χ2v) is 5.25. The highest BCUT2D eigenvalue weighted by Crippen LogP contribution is 2.39. The number of benzene rings is 1. The highest BCUT2D eigenvalue weighted by molar-refractivity contribution is 5.59. The largest absolute Gasteiger partial charge is 0.496 e. The Labute approximate surface area is 102 Å². The molecule has 0 aliphatic carbocycles. The van der Waals surface area contributed by atoms with E-state index < -0.39 is 0 Å². The van der Waals surface area contributed by atoms with Gasteiger partial charge in [0.25, 0.3) is 5.69 Å². The van der Waals surface area contributed by atoms with Gasteiger partial charge < -0.3 is 4.74 Å². The Hall–Kier alpha value is -1.58. The summed E-state index contributed by atoms with van der Waals surface area (Å²) in [6, 6.07) is 1.85. The van der Waals surface area contributed by atoms with E-state index in [0.29, 0.717) is 11.3 Å². The van der Waals surface area contributed by atoms with E-state index in [0.717, 1.165) is 11.1 Å². The Morgan fingerprint density at radius 2 is 1.82 bits per heavy atom. The van der Waals surface area contributed by atoms with Crippen molar-refractivity contribution in [3.8, 4) is 5.75 Å². The van der Waals surface area contributed by atoms with E-state index >= 15 is 0 Å². The van der Waals surface area contributed by atoms with Gasteiger partial charge in [0, 0.05) is 5.56 Å². The van der Waals surface area contributed by atoms with Gasteiger partial charge in [-0.25, -0.2) is 0 Å². The molecule has 4 heteroatoms. The molecular weight excluding hydrogens is 218 g/mol. The molecular formula is C13H19NO3.